The Kier molecular flexibility index (Phi) is 29.4. The Hall–Kier alpha value is -0.0800. The first kappa shape index (κ1) is 44.9. The van der Waals surface area contributed by atoms with Gasteiger partial charge in [0.25, 0.3) is 0 Å². The van der Waals surface area contributed by atoms with Crippen molar-refractivity contribution < 1.29 is 4.74 Å². The summed E-state index contributed by atoms with van der Waals surface area (Å²) < 4.78 is 6.53. The predicted molar refractivity (Wildman–Crippen MR) is 213 cm³/mol. The number of unbranched alkanes of at least 4 members (excludes halogenated alkanes) is 30. The second kappa shape index (κ2) is 30.7. The van der Waals surface area contributed by atoms with E-state index in [9.17, 15) is 0 Å². The summed E-state index contributed by atoms with van der Waals surface area (Å²) >= 11 is 0. The van der Waals surface area contributed by atoms with E-state index < -0.39 is 0 Å². The molecule has 0 unspecified atom stereocenters. The summed E-state index contributed by atoms with van der Waals surface area (Å²) in [6.07, 6.45) is 48.8. The van der Waals surface area contributed by atoms with Crippen LogP contribution < -0.4 is 0 Å². The lowest BCUT2D eigenvalue weighted by molar-refractivity contribution is -0.104. The van der Waals surface area contributed by atoms with Crippen LogP contribution in [-0.4, -0.2) is 35.2 Å². The molecule has 1 fully saturated rings. The number of likely N-dealkylation sites (tertiary alicyclic amines) is 1. The molecule has 0 bridgehead atoms. The summed E-state index contributed by atoms with van der Waals surface area (Å²) in [5.41, 5.74) is 0.465. The van der Waals surface area contributed by atoms with E-state index in [4.69, 9.17) is 4.74 Å². The predicted octanol–water partition coefficient (Wildman–Crippen LogP) is 15.5. The fraction of sp³-hybridized carbons (Fsp3) is 1.00. The second-order valence-electron chi connectivity index (χ2n) is 17.3. The van der Waals surface area contributed by atoms with Crippen LogP contribution in [0.25, 0.3) is 0 Å². The van der Waals surface area contributed by atoms with Crippen LogP contribution in [0.2, 0.25) is 0 Å². The average molecular weight is 662 g/mol. The minimum atomic E-state index is 0.233. The van der Waals surface area contributed by atoms with Gasteiger partial charge in [-0.2, -0.15) is 0 Å². The number of hydrogen-bond donors (Lipinski definition) is 0. The molecule has 0 amide bonds. The lowest BCUT2D eigenvalue weighted by Gasteiger charge is -2.55. The molecule has 0 atom stereocenters. The first-order valence-corrected chi connectivity index (χ1v) is 22.2. The minimum Gasteiger partial charge on any atom is -0.378 e. The number of ether oxygens (including phenoxy) is 1. The molecule has 0 aromatic heterocycles. The van der Waals surface area contributed by atoms with Crippen LogP contribution in [0.3, 0.4) is 0 Å². The first-order valence-electron chi connectivity index (χ1n) is 22.2. The molecule has 1 rings (SSSR count). The standard InChI is InChI=1S/C45H91NO/c1-7-9-11-13-15-17-19-21-23-25-27-29-31-33-35-37-39-46-44(3,4)41-43(42-45(46,5)6)47-40-38-36-34-32-30-28-26-24-22-20-18-16-14-12-10-8-2/h43H,7-42H2,1-6H3. The highest BCUT2D eigenvalue weighted by Crippen LogP contribution is 2.40. The van der Waals surface area contributed by atoms with Gasteiger partial charge in [-0.05, 0) is 59.9 Å². The molecular formula is C45H91NO. The van der Waals surface area contributed by atoms with Gasteiger partial charge in [0.2, 0.25) is 0 Å². The molecule has 0 aromatic carbocycles. The monoisotopic (exact) mass is 662 g/mol. The van der Waals surface area contributed by atoms with E-state index in [2.05, 4.69) is 46.4 Å². The zero-order valence-electron chi connectivity index (χ0n) is 33.9. The van der Waals surface area contributed by atoms with Crippen LogP contribution in [0.5, 0.6) is 0 Å². The number of nitrogens with zero attached hydrogens (tertiary/aromatic N) is 1. The van der Waals surface area contributed by atoms with Gasteiger partial charge < -0.3 is 4.74 Å². The molecule has 0 saturated carbocycles. The molecule has 0 aliphatic carbocycles. The molecule has 1 heterocycles. The Morgan fingerprint density at radius 2 is 0.638 bits per heavy atom. The first-order chi connectivity index (χ1) is 22.8. The van der Waals surface area contributed by atoms with Crippen molar-refractivity contribution in [3.63, 3.8) is 0 Å². The summed E-state index contributed by atoms with van der Waals surface area (Å²) in [4.78, 5) is 2.83. The third-order valence-corrected chi connectivity index (χ3v) is 11.5. The number of rotatable bonds is 35. The molecule has 0 spiro atoms. The van der Waals surface area contributed by atoms with Crippen LogP contribution in [-0.2, 0) is 4.74 Å². The Labute approximate surface area is 299 Å². The fourth-order valence-corrected chi connectivity index (χ4v) is 8.67. The molecule has 47 heavy (non-hydrogen) atoms. The van der Waals surface area contributed by atoms with E-state index in [-0.39, 0.29) is 11.1 Å². The molecular weight excluding hydrogens is 571 g/mol. The Bertz CT molecular complexity index is 624. The largest absolute Gasteiger partial charge is 0.378 e. The van der Waals surface area contributed by atoms with Gasteiger partial charge in [0.1, 0.15) is 0 Å². The van der Waals surface area contributed by atoms with E-state index in [1.807, 2.05) is 0 Å². The fourth-order valence-electron chi connectivity index (χ4n) is 8.67. The molecule has 2 nitrogen and oxygen atoms in total. The normalized spacial score (nSPS) is 16.7. The van der Waals surface area contributed by atoms with E-state index in [0.717, 1.165) is 6.61 Å². The van der Waals surface area contributed by atoms with Crippen molar-refractivity contribution >= 4 is 0 Å². The van der Waals surface area contributed by atoms with Crippen molar-refractivity contribution in [3.8, 4) is 0 Å². The van der Waals surface area contributed by atoms with Gasteiger partial charge in [0.15, 0.2) is 0 Å². The van der Waals surface area contributed by atoms with Gasteiger partial charge in [0.05, 0.1) is 6.10 Å². The zero-order valence-corrected chi connectivity index (χ0v) is 33.9. The lowest BCUT2D eigenvalue weighted by Crippen LogP contribution is -2.62. The highest BCUT2D eigenvalue weighted by Gasteiger charge is 2.45. The summed E-state index contributed by atoms with van der Waals surface area (Å²) in [5, 5.41) is 0. The molecule has 2 heteroatoms. The number of hydrogen-bond acceptors (Lipinski definition) is 2. The molecule has 0 aromatic rings. The zero-order chi connectivity index (χ0) is 34.3. The van der Waals surface area contributed by atoms with Crippen LogP contribution in [0, 0.1) is 0 Å². The molecule has 1 saturated heterocycles. The Morgan fingerprint density at radius 3 is 0.936 bits per heavy atom. The smallest absolute Gasteiger partial charge is 0.0610 e. The van der Waals surface area contributed by atoms with Crippen LogP contribution >= 0.6 is 0 Å². The van der Waals surface area contributed by atoms with Gasteiger partial charge in [0, 0.05) is 17.7 Å². The lowest BCUT2D eigenvalue weighted by atomic mass is 9.78. The maximum atomic E-state index is 6.53. The van der Waals surface area contributed by atoms with Crippen LogP contribution in [0.1, 0.15) is 260 Å². The van der Waals surface area contributed by atoms with Gasteiger partial charge >= 0.3 is 0 Å². The maximum Gasteiger partial charge on any atom is 0.0610 e. The molecule has 282 valence electrons. The average Bonchev–Trinajstić information content (AvgIpc) is 3.02. The quantitative estimate of drug-likeness (QED) is 0.0627. The topological polar surface area (TPSA) is 12.5 Å². The van der Waals surface area contributed by atoms with Gasteiger partial charge in [-0.1, -0.05) is 206 Å². The minimum absolute atomic E-state index is 0.233. The van der Waals surface area contributed by atoms with E-state index in [0.29, 0.717) is 6.10 Å². The summed E-state index contributed by atoms with van der Waals surface area (Å²) in [5.74, 6) is 0. The van der Waals surface area contributed by atoms with Gasteiger partial charge in [-0.3, -0.25) is 4.90 Å². The van der Waals surface area contributed by atoms with Crippen molar-refractivity contribution in [2.45, 2.75) is 277 Å². The third kappa shape index (κ3) is 25.5. The highest BCUT2D eigenvalue weighted by molar-refractivity contribution is 5.00. The molecule has 1 aliphatic heterocycles. The SMILES string of the molecule is CCCCCCCCCCCCCCCCCCOC1CC(C)(C)N(CCCCCCCCCCCCCCCCCC)C(C)(C)C1. The Balaban J connectivity index is 1.98. The van der Waals surface area contributed by atoms with E-state index >= 15 is 0 Å². The number of piperidine rings is 1. The van der Waals surface area contributed by atoms with Crippen molar-refractivity contribution in [2.75, 3.05) is 13.2 Å². The summed E-state index contributed by atoms with van der Waals surface area (Å²) in [7, 11) is 0. The van der Waals surface area contributed by atoms with Crippen molar-refractivity contribution in [2.24, 2.45) is 0 Å². The van der Waals surface area contributed by atoms with Crippen molar-refractivity contribution in [1.29, 1.82) is 0 Å². The summed E-state index contributed by atoms with van der Waals surface area (Å²) in [6.45, 7) is 16.7. The van der Waals surface area contributed by atoms with E-state index in [1.54, 1.807) is 0 Å². The second-order valence-corrected chi connectivity index (χ2v) is 17.3. The van der Waals surface area contributed by atoms with Crippen molar-refractivity contribution in [1.82, 2.24) is 4.90 Å². The molecule has 0 N–H and O–H groups in total. The van der Waals surface area contributed by atoms with Gasteiger partial charge in [-0.15, -0.1) is 0 Å². The third-order valence-electron chi connectivity index (χ3n) is 11.5. The van der Waals surface area contributed by atoms with Crippen LogP contribution in [0.4, 0.5) is 0 Å². The maximum absolute atomic E-state index is 6.53. The van der Waals surface area contributed by atoms with Gasteiger partial charge in [-0.25, -0.2) is 0 Å². The highest BCUT2D eigenvalue weighted by atomic mass is 16.5. The molecule has 1 aliphatic rings. The molecule has 0 radical (unpaired) electrons. The Morgan fingerprint density at radius 1 is 0.383 bits per heavy atom. The summed E-state index contributed by atoms with van der Waals surface area (Å²) in [6, 6.07) is 0. The van der Waals surface area contributed by atoms with Crippen molar-refractivity contribution in [3.05, 3.63) is 0 Å². The van der Waals surface area contributed by atoms with E-state index in [1.165, 1.54) is 225 Å². The van der Waals surface area contributed by atoms with Crippen LogP contribution in [0.15, 0.2) is 0 Å².